The SMILES string of the molecule is Cc1cnc(CNc2nc(C)ccc2C(N)=S)cn1. The largest absolute Gasteiger partial charge is 0.389 e. The normalized spacial score (nSPS) is 10.2. The molecule has 19 heavy (non-hydrogen) atoms. The van der Waals surface area contributed by atoms with E-state index >= 15 is 0 Å². The van der Waals surface area contributed by atoms with Crippen LogP contribution in [0.2, 0.25) is 0 Å². The van der Waals surface area contributed by atoms with Gasteiger partial charge in [-0.05, 0) is 26.0 Å². The summed E-state index contributed by atoms with van der Waals surface area (Å²) < 4.78 is 0. The van der Waals surface area contributed by atoms with E-state index in [1.165, 1.54) is 0 Å². The van der Waals surface area contributed by atoms with Gasteiger partial charge in [-0.25, -0.2) is 4.98 Å². The van der Waals surface area contributed by atoms with Crippen LogP contribution in [0.25, 0.3) is 0 Å². The van der Waals surface area contributed by atoms with E-state index in [1.54, 1.807) is 12.4 Å². The fourth-order valence-corrected chi connectivity index (χ4v) is 1.74. The highest BCUT2D eigenvalue weighted by Gasteiger charge is 2.07. The van der Waals surface area contributed by atoms with E-state index in [9.17, 15) is 0 Å². The van der Waals surface area contributed by atoms with Crippen LogP contribution in [-0.2, 0) is 6.54 Å². The first-order valence-corrected chi connectivity index (χ1v) is 6.26. The zero-order valence-corrected chi connectivity index (χ0v) is 11.7. The molecule has 0 amide bonds. The molecule has 0 aliphatic rings. The maximum absolute atomic E-state index is 5.68. The smallest absolute Gasteiger partial charge is 0.136 e. The van der Waals surface area contributed by atoms with E-state index < -0.39 is 0 Å². The molecule has 2 aromatic heterocycles. The van der Waals surface area contributed by atoms with Gasteiger partial charge in [0.25, 0.3) is 0 Å². The van der Waals surface area contributed by atoms with Crippen LogP contribution in [-0.4, -0.2) is 19.9 Å². The van der Waals surface area contributed by atoms with Crippen LogP contribution in [0.4, 0.5) is 5.82 Å². The van der Waals surface area contributed by atoms with E-state index in [0.717, 1.165) is 22.6 Å². The number of aryl methyl sites for hydroxylation is 2. The van der Waals surface area contributed by atoms with Crippen molar-refractivity contribution in [1.82, 2.24) is 15.0 Å². The van der Waals surface area contributed by atoms with Crippen molar-refractivity contribution in [3.05, 3.63) is 47.2 Å². The number of nitrogens with zero attached hydrogens (tertiary/aromatic N) is 3. The van der Waals surface area contributed by atoms with Crippen molar-refractivity contribution < 1.29 is 0 Å². The fourth-order valence-electron chi connectivity index (χ4n) is 1.58. The number of hydrogen-bond acceptors (Lipinski definition) is 5. The Hall–Kier alpha value is -2.08. The molecule has 0 aliphatic heterocycles. The van der Waals surface area contributed by atoms with Crippen molar-refractivity contribution in [2.45, 2.75) is 20.4 Å². The molecule has 98 valence electrons. The monoisotopic (exact) mass is 273 g/mol. The third-order valence-electron chi connectivity index (χ3n) is 2.57. The minimum atomic E-state index is 0.324. The van der Waals surface area contributed by atoms with Gasteiger partial charge in [0.2, 0.25) is 0 Å². The number of nitrogens with one attached hydrogen (secondary N) is 1. The minimum absolute atomic E-state index is 0.324. The number of anilines is 1. The van der Waals surface area contributed by atoms with Crippen molar-refractivity contribution in [3.8, 4) is 0 Å². The van der Waals surface area contributed by atoms with E-state index in [2.05, 4.69) is 20.3 Å². The van der Waals surface area contributed by atoms with Gasteiger partial charge in [-0.3, -0.25) is 9.97 Å². The van der Waals surface area contributed by atoms with Crippen LogP contribution in [0.5, 0.6) is 0 Å². The lowest BCUT2D eigenvalue weighted by Gasteiger charge is -2.10. The number of nitrogens with two attached hydrogens (primary N) is 1. The van der Waals surface area contributed by atoms with Crippen LogP contribution >= 0.6 is 12.2 Å². The van der Waals surface area contributed by atoms with E-state index in [0.29, 0.717) is 17.4 Å². The van der Waals surface area contributed by atoms with Crippen molar-refractivity contribution in [3.63, 3.8) is 0 Å². The molecule has 0 fully saturated rings. The van der Waals surface area contributed by atoms with Crippen molar-refractivity contribution in [2.75, 3.05) is 5.32 Å². The molecule has 2 aromatic rings. The van der Waals surface area contributed by atoms with Gasteiger partial charge in [0, 0.05) is 11.9 Å². The van der Waals surface area contributed by atoms with Crippen molar-refractivity contribution >= 4 is 23.0 Å². The van der Waals surface area contributed by atoms with Gasteiger partial charge in [-0.2, -0.15) is 0 Å². The van der Waals surface area contributed by atoms with Gasteiger partial charge < -0.3 is 11.1 Å². The quantitative estimate of drug-likeness (QED) is 0.826. The molecule has 0 bridgehead atoms. The summed E-state index contributed by atoms with van der Waals surface area (Å²) in [7, 11) is 0. The lowest BCUT2D eigenvalue weighted by Crippen LogP contribution is -2.15. The van der Waals surface area contributed by atoms with Gasteiger partial charge >= 0.3 is 0 Å². The summed E-state index contributed by atoms with van der Waals surface area (Å²) in [5, 5.41) is 3.19. The maximum Gasteiger partial charge on any atom is 0.136 e. The predicted molar refractivity (Wildman–Crippen MR) is 79.0 cm³/mol. The van der Waals surface area contributed by atoms with Crippen LogP contribution in [0.15, 0.2) is 24.5 Å². The van der Waals surface area contributed by atoms with Gasteiger partial charge in [0.05, 0.1) is 29.7 Å². The summed E-state index contributed by atoms with van der Waals surface area (Å²) in [6.07, 6.45) is 3.47. The third kappa shape index (κ3) is 3.45. The van der Waals surface area contributed by atoms with Gasteiger partial charge in [0.1, 0.15) is 10.8 Å². The molecular formula is C13H15N5S. The third-order valence-corrected chi connectivity index (χ3v) is 2.79. The Morgan fingerprint density at radius 3 is 2.63 bits per heavy atom. The van der Waals surface area contributed by atoms with Crippen LogP contribution in [0.3, 0.4) is 0 Å². The predicted octanol–water partition coefficient (Wildman–Crippen LogP) is 1.73. The van der Waals surface area contributed by atoms with Crippen LogP contribution < -0.4 is 11.1 Å². The molecule has 2 heterocycles. The highest BCUT2D eigenvalue weighted by molar-refractivity contribution is 7.80. The lowest BCUT2D eigenvalue weighted by molar-refractivity contribution is 0.973. The van der Waals surface area contributed by atoms with E-state index in [-0.39, 0.29) is 0 Å². The maximum atomic E-state index is 5.68. The van der Waals surface area contributed by atoms with Gasteiger partial charge in [0.15, 0.2) is 0 Å². The molecule has 0 aromatic carbocycles. The first-order chi connectivity index (χ1) is 9.06. The molecule has 0 spiro atoms. The number of rotatable bonds is 4. The van der Waals surface area contributed by atoms with Crippen molar-refractivity contribution in [1.29, 1.82) is 0 Å². The van der Waals surface area contributed by atoms with Crippen LogP contribution in [0.1, 0.15) is 22.6 Å². The second-order valence-corrected chi connectivity index (χ2v) is 4.66. The van der Waals surface area contributed by atoms with E-state index in [4.69, 9.17) is 18.0 Å². The Bertz CT molecular complexity index is 594. The Kier molecular flexibility index (Phi) is 4.01. The Labute approximate surface area is 117 Å². The topological polar surface area (TPSA) is 76.7 Å². The summed E-state index contributed by atoms with van der Waals surface area (Å²) in [6.45, 7) is 4.34. The summed E-state index contributed by atoms with van der Waals surface area (Å²) in [5.74, 6) is 0.676. The summed E-state index contributed by atoms with van der Waals surface area (Å²) >= 11 is 5.01. The van der Waals surface area contributed by atoms with Gasteiger partial charge in [-0.15, -0.1) is 0 Å². The lowest BCUT2D eigenvalue weighted by atomic mass is 10.2. The van der Waals surface area contributed by atoms with Crippen LogP contribution in [0, 0.1) is 13.8 Å². The Morgan fingerprint density at radius 1 is 1.21 bits per heavy atom. The van der Waals surface area contributed by atoms with Gasteiger partial charge in [-0.1, -0.05) is 12.2 Å². The second kappa shape index (κ2) is 5.71. The number of hydrogen-bond donors (Lipinski definition) is 2. The molecule has 0 aliphatic carbocycles. The molecule has 0 saturated carbocycles. The molecule has 0 saturated heterocycles. The van der Waals surface area contributed by atoms with E-state index in [1.807, 2.05) is 26.0 Å². The standard InChI is InChI=1S/C13H15N5S/c1-8-3-4-11(12(14)19)13(18-8)17-7-10-6-15-9(2)5-16-10/h3-6H,7H2,1-2H3,(H2,14,19)(H,17,18). The summed E-state index contributed by atoms with van der Waals surface area (Å²) in [5.41, 5.74) is 9.04. The molecule has 3 N–H and O–H groups in total. The average Bonchev–Trinajstić information content (AvgIpc) is 2.38. The number of pyridine rings is 1. The number of aromatic nitrogens is 3. The molecular weight excluding hydrogens is 258 g/mol. The summed E-state index contributed by atoms with van der Waals surface area (Å²) in [6, 6.07) is 3.75. The average molecular weight is 273 g/mol. The first-order valence-electron chi connectivity index (χ1n) is 5.85. The van der Waals surface area contributed by atoms with Crippen molar-refractivity contribution in [2.24, 2.45) is 5.73 Å². The summed E-state index contributed by atoms with van der Waals surface area (Å²) in [4.78, 5) is 13.2. The molecule has 6 heteroatoms. The second-order valence-electron chi connectivity index (χ2n) is 4.22. The molecule has 0 radical (unpaired) electrons. The Balaban J connectivity index is 2.16. The Morgan fingerprint density at radius 2 is 2.00 bits per heavy atom. The minimum Gasteiger partial charge on any atom is -0.389 e. The highest BCUT2D eigenvalue weighted by Crippen LogP contribution is 2.14. The molecule has 0 unspecified atom stereocenters. The fraction of sp³-hybridized carbons (Fsp3) is 0.231. The molecule has 0 atom stereocenters. The highest BCUT2D eigenvalue weighted by atomic mass is 32.1. The zero-order chi connectivity index (χ0) is 13.8. The first kappa shape index (κ1) is 13.4. The number of thiocarbonyl (C=S) groups is 1. The molecule has 5 nitrogen and oxygen atoms in total. The molecule has 2 rings (SSSR count). The zero-order valence-electron chi connectivity index (χ0n) is 10.8.